The Hall–Kier alpha value is -4.94. The zero-order valence-corrected chi connectivity index (χ0v) is 28.5. The summed E-state index contributed by atoms with van der Waals surface area (Å²) >= 11 is 0. The summed E-state index contributed by atoms with van der Waals surface area (Å²) < 4.78 is 85.7. The third-order valence-corrected chi connectivity index (χ3v) is 8.66. The number of rotatable bonds is 9. The first-order valence-corrected chi connectivity index (χ1v) is 15.8. The summed E-state index contributed by atoms with van der Waals surface area (Å²) in [7, 11) is 3.79. The molecule has 3 amide bonds. The largest absolute Gasteiger partial charge is 0.490 e. The highest BCUT2D eigenvalue weighted by Gasteiger charge is 2.54. The maximum atomic E-state index is 14.4. The number of likely N-dealkylation sites (tertiary alicyclic amines) is 1. The maximum Gasteiger partial charge on any atom is 0.490 e. The highest BCUT2D eigenvalue weighted by Crippen LogP contribution is 2.40. The van der Waals surface area contributed by atoms with Crippen LogP contribution in [0.3, 0.4) is 0 Å². The standard InChI is InChI=1S/C31H37F4N5O5.C2HF3O2/c1-19(2)25(36-26(41)23-17-21(31(33,34)35)7-10-24(23)32)27(42)38-13-11-30(12-14-38)29(45)39(16-15-37(3)4)18-40(30)22-8-5-20(6-9-22)28(43)44;3-2(4,5)1(6)7/h5-10,17,19,25H,11-16,18H2,1-4H3,(H,36,41)(H,43,44);(H,6,7)/t25-;/m1./s1. The van der Waals surface area contributed by atoms with Crippen molar-refractivity contribution in [2.75, 3.05) is 51.8 Å². The third-order valence-electron chi connectivity index (χ3n) is 8.66. The van der Waals surface area contributed by atoms with E-state index in [2.05, 4.69) is 5.32 Å². The van der Waals surface area contributed by atoms with Gasteiger partial charge in [0.2, 0.25) is 11.8 Å². The van der Waals surface area contributed by atoms with Gasteiger partial charge in [-0.05, 0) is 75.3 Å². The predicted octanol–water partition coefficient (Wildman–Crippen LogP) is 4.16. The van der Waals surface area contributed by atoms with E-state index in [1.807, 2.05) is 23.9 Å². The first kappa shape index (κ1) is 41.5. The Morgan fingerprint density at radius 2 is 1.50 bits per heavy atom. The maximum absolute atomic E-state index is 14.4. The van der Waals surface area contributed by atoms with E-state index in [-0.39, 0.29) is 44.1 Å². The molecule has 2 aliphatic rings. The van der Waals surface area contributed by atoms with Crippen LogP contribution in [0.2, 0.25) is 0 Å². The van der Waals surface area contributed by atoms with E-state index in [9.17, 15) is 55.0 Å². The van der Waals surface area contributed by atoms with Gasteiger partial charge in [-0.1, -0.05) is 13.8 Å². The molecule has 19 heteroatoms. The summed E-state index contributed by atoms with van der Waals surface area (Å²) in [5.41, 5.74) is -2.23. The molecule has 0 aliphatic carbocycles. The van der Waals surface area contributed by atoms with Crippen LogP contribution in [0.4, 0.5) is 36.4 Å². The molecule has 2 aromatic rings. The molecule has 2 aliphatic heterocycles. The van der Waals surface area contributed by atoms with Crippen LogP contribution in [0.15, 0.2) is 42.5 Å². The van der Waals surface area contributed by atoms with Gasteiger partial charge in [-0.2, -0.15) is 26.3 Å². The van der Waals surface area contributed by atoms with Crippen molar-refractivity contribution in [3.8, 4) is 0 Å². The van der Waals surface area contributed by atoms with Gasteiger partial charge in [0, 0.05) is 31.9 Å². The Balaban J connectivity index is 0.000000944. The Bertz CT molecular complexity index is 1640. The predicted molar refractivity (Wildman–Crippen MR) is 171 cm³/mol. The lowest BCUT2D eigenvalue weighted by Gasteiger charge is -2.44. The highest BCUT2D eigenvalue weighted by molar-refractivity contribution is 5.98. The molecule has 3 N–H and O–H groups in total. The van der Waals surface area contributed by atoms with Crippen LogP contribution >= 0.6 is 0 Å². The minimum atomic E-state index is -5.08. The molecule has 1 spiro atoms. The molecule has 2 aromatic carbocycles. The molecule has 2 saturated heterocycles. The number of carbonyl (C=O) groups is 5. The summed E-state index contributed by atoms with van der Waals surface area (Å²) in [5.74, 6) is -7.20. The Kier molecular flexibility index (Phi) is 12.9. The number of carbonyl (C=O) groups excluding carboxylic acids is 3. The van der Waals surface area contributed by atoms with Gasteiger partial charge in [-0.3, -0.25) is 14.4 Å². The van der Waals surface area contributed by atoms with Gasteiger partial charge in [0.1, 0.15) is 17.4 Å². The third kappa shape index (κ3) is 9.68. The molecule has 12 nitrogen and oxygen atoms in total. The molecule has 52 heavy (non-hydrogen) atoms. The molecule has 0 aromatic heterocycles. The lowest BCUT2D eigenvalue weighted by molar-refractivity contribution is -0.192. The van der Waals surface area contributed by atoms with Crippen molar-refractivity contribution in [1.82, 2.24) is 20.0 Å². The Morgan fingerprint density at radius 1 is 0.942 bits per heavy atom. The topological polar surface area (TPSA) is 151 Å². The van der Waals surface area contributed by atoms with Crippen molar-refractivity contribution in [2.24, 2.45) is 5.92 Å². The number of alkyl halides is 6. The molecule has 4 rings (SSSR count). The number of aliphatic carboxylic acids is 1. The van der Waals surface area contributed by atoms with E-state index in [0.29, 0.717) is 37.0 Å². The fourth-order valence-electron chi connectivity index (χ4n) is 5.77. The molecule has 1 atom stereocenters. The van der Waals surface area contributed by atoms with Crippen LogP contribution in [0.1, 0.15) is 53.0 Å². The number of hydrogen-bond acceptors (Lipinski definition) is 7. The van der Waals surface area contributed by atoms with Crippen LogP contribution in [-0.4, -0.2) is 119 Å². The smallest absolute Gasteiger partial charge is 0.478 e. The van der Waals surface area contributed by atoms with E-state index in [0.717, 1.165) is 0 Å². The number of hydrogen-bond donors (Lipinski definition) is 3. The number of amides is 3. The van der Waals surface area contributed by atoms with Crippen molar-refractivity contribution < 1.29 is 64.9 Å². The number of piperidine rings is 1. The lowest BCUT2D eigenvalue weighted by atomic mass is 9.84. The van der Waals surface area contributed by atoms with Crippen molar-refractivity contribution in [1.29, 1.82) is 0 Å². The summed E-state index contributed by atoms with van der Waals surface area (Å²) in [6.07, 6.45) is -9.37. The summed E-state index contributed by atoms with van der Waals surface area (Å²) in [6.45, 7) is 4.97. The zero-order valence-electron chi connectivity index (χ0n) is 28.5. The normalized spacial score (nSPS) is 16.6. The van der Waals surface area contributed by atoms with Crippen molar-refractivity contribution in [3.63, 3.8) is 0 Å². The van der Waals surface area contributed by atoms with Crippen LogP contribution in [0.25, 0.3) is 0 Å². The quantitative estimate of drug-likeness (QED) is 0.322. The zero-order chi connectivity index (χ0) is 39.3. The van der Waals surface area contributed by atoms with Gasteiger partial charge < -0.3 is 35.1 Å². The monoisotopic (exact) mass is 749 g/mol. The highest BCUT2D eigenvalue weighted by atomic mass is 19.4. The molecule has 0 bridgehead atoms. The number of carboxylic acids is 2. The number of halogens is 7. The second kappa shape index (κ2) is 16.2. The molecule has 2 fully saturated rings. The SMILES string of the molecule is CC(C)[C@@H](NC(=O)c1cc(C(F)(F)F)ccc1F)C(=O)N1CCC2(CC1)C(=O)N(CCN(C)C)CN2c1ccc(C(=O)O)cc1.O=C(O)C(F)(F)F. The number of anilines is 1. The van der Waals surface area contributed by atoms with Gasteiger partial charge in [-0.15, -0.1) is 0 Å². The number of likely N-dealkylation sites (N-methyl/N-ethyl adjacent to an activating group) is 1. The minimum absolute atomic E-state index is 0.104. The molecule has 0 radical (unpaired) electrons. The average Bonchev–Trinajstić information content (AvgIpc) is 3.31. The van der Waals surface area contributed by atoms with E-state index in [1.54, 1.807) is 30.9 Å². The fraction of sp³-hybridized carbons (Fsp3) is 0.485. The van der Waals surface area contributed by atoms with Crippen molar-refractivity contribution in [2.45, 2.75) is 50.6 Å². The van der Waals surface area contributed by atoms with Crippen molar-refractivity contribution in [3.05, 3.63) is 65.0 Å². The summed E-state index contributed by atoms with van der Waals surface area (Å²) in [4.78, 5) is 67.9. The van der Waals surface area contributed by atoms with Crippen LogP contribution in [0.5, 0.6) is 0 Å². The van der Waals surface area contributed by atoms with E-state index in [4.69, 9.17) is 9.90 Å². The number of benzene rings is 2. The first-order chi connectivity index (χ1) is 24.0. The summed E-state index contributed by atoms with van der Waals surface area (Å²) in [6, 6.07) is 6.62. The second-order valence-corrected chi connectivity index (χ2v) is 12.8. The van der Waals surface area contributed by atoms with E-state index in [1.165, 1.54) is 17.0 Å². The average molecular weight is 750 g/mol. The van der Waals surface area contributed by atoms with Gasteiger partial charge >= 0.3 is 24.3 Å². The van der Waals surface area contributed by atoms with Crippen LogP contribution in [-0.2, 0) is 20.6 Å². The fourth-order valence-corrected chi connectivity index (χ4v) is 5.77. The molecule has 286 valence electrons. The second-order valence-electron chi connectivity index (χ2n) is 12.8. The molecular formula is C33H38F7N5O7. The first-order valence-electron chi connectivity index (χ1n) is 15.8. The van der Waals surface area contributed by atoms with E-state index < -0.39 is 70.5 Å². The lowest BCUT2D eigenvalue weighted by Crippen LogP contribution is -2.60. The summed E-state index contributed by atoms with van der Waals surface area (Å²) in [5, 5.41) is 18.9. The Morgan fingerprint density at radius 3 is 1.96 bits per heavy atom. The molecule has 0 unspecified atom stereocenters. The van der Waals surface area contributed by atoms with Crippen LogP contribution in [0, 0.1) is 11.7 Å². The van der Waals surface area contributed by atoms with E-state index >= 15 is 0 Å². The minimum Gasteiger partial charge on any atom is -0.478 e. The molecule has 2 heterocycles. The number of carboxylic acid groups (broad SMARTS) is 2. The van der Waals surface area contributed by atoms with Gasteiger partial charge in [0.25, 0.3) is 5.91 Å². The molecular weight excluding hydrogens is 711 g/mol. The molecule has 0 saturated carbocycles. The number of aromatic carboxylic acids is 1. The van der Waals surface area contributed by atoms with Gasteiger partial charge in [0.15, 0.2) is 0 Å². The Labute approximate surface area is 293 Å². The van der Waals surface area contributed by atoms with Gasteiger partial charge in [-0.25, -0.2) is 14.0 Å². The van der Waals surface area contributed by atoms with Crippen LogP contribution < -0.4 is 10.2 Å². The number of nitrogens with one attached hydrogen (secondary N) is 1. The van der Waals surface area contributed by atoms with Crippen molar-refractivity contribution >= 4 is 35.3 Å². The number of nitrogens with zero attached hydrogens (tertiary/aromatic N) is 4. The van der Waals surface area contributed by atoms with Gasteiger partial charge in [0.05, 0.1) is 23.4 Å².